The number of aryl methyl sites for hydroxylation is 1. The third-order valence-electron chi connectivity index (χ3n) is 2.07. The first-order valence-corrected chi connectivity index (χ1v) is 6.09. The van der Waals surface area contributed by atoms with E-state index in [1.54, 1.807) is 13.2 Å². The van der Waals surface area contributed by atoms with Gasteiger partial charge in [-0.25, -0.2) is 14.8 Å². The van der Waals surface area contributed by atoms with Crippen molar-refractivity contribution < 1.29 is 9.53 Å². The molecule has 0 radical (unpaired) electrons. The van der Waals surface area contributed by atoms with Gasteiger partial charge in [-0.1, -0.05) is 25.4 Å². The largest absolute Gasteiger partial charge is 0.464 e. The molecule has 0 aliphatic rings. The maximum absolute atomic E-state index is 11.5. The van der Waals surface area contributed by atoms with Crippen LogP contribution in [0.5, 0.6) is 0 Å². The summed E-state index contributed by atoms with van der Waals surface area (Å²) < 4.78 is 6.14. The summed E-state index contributed by atoms with van der Waals surface area (Å²) >= 11 is 5.70. The smallest absolute Gasteiger partial charge is 0.359 e. The minimum absolute atomic E-state index is 0.178. The Bertz CT molecular complexity index is 551. The molecule has 0 unspecified atom stereocenters. The van der Waals surface area contributed by atoms with E-state index in [-0.39, 0.29) is 5.69 Å². The van der Waals surface area contributed by atoms with Crippen LogP contribution in [0.3, 0.4) is 0 Å². The molecule has 2 heterocycles. The van der Waals surface area contributed by atoms with Crippen molar-refractivity contribution in [1.82, 2.24) is 19.7 Å². The zero-order valence-corrected chi connectivity index (χ0v) is 12.0. The average molecular weight is 283 g/mol. The van der Waals surface area contributed by atoms with E-state index in [4.69, 9.17) is 11.6 Å². The second-order valence-corrected chi connectivity index (χ2v) is 3.72. The summed E-state index contributed by atoms with van der Waals surface area (Å²) in [6.45, 7) is 4.00. The molecule has 0 amide bonds. The van der Waals surface area contributed by atoms with Gasteiger partial charge in [-0.15, -0.1) is 0 Å². The molecule has 2 aromatic rings. The predicted octanol–water partition coefficient (Wildman–Crippen LogP) is 2.34. The summed E-state index contributed by atoms with van der Waals surface area (Å²) in [5, 5.41) is 4.44. The summed E-state index contributed by atoms with van der Waals surface area (Å²) in [6, 6.07) is 0. The number of aromatic nitrogens is 4. The summed E-state index contributed by atoms with van der Waals surface area (Å²) in [5.41, 5.74) is 0.688. The highest BCUT2D eigenvalue weighted by atomic mass is 35.5. The van der Waals surface area contributed by atoms with Crippen LogP contribution < -0.4 is 0 Å². The van der Waals surface area contributed by atoms with Gasteiger partial charge in [-0.2, -0.15) is 5.10 Å². The van der Waals surface area contributed by atoms with E-state index < -0.39 is 5.97 Å². The van der Waals surface area contributed by atoms with Gasteiger partial charge in [0.15, 0.2) is 11.5 Å². The van der Waals surface area contributed by atoms with Crippen molar-refractivity contribution in [2.24, 2.45) is 7.05 Å². The average Bonchev–Trinajstić information content (AvgIpc) is 2.83. The van der Waals surface area contributed by atoms with Gasteiger partial charge in [0, 0.05) is 25.6 Å². The first kappa shape index (κ1) is 15.1. The Labute approximate surface area is 116 Å². The van der Waals surface area contributed by atoms with Gasteiger partial charge in [0.25, 0.3) is 0 Å². The van der Waals surface area contributed by atoms with Gasteiger partial charge < -0.3 is 4.74 Å². The fourth-order valence-corrected chi connectivity index (χ4v) is 1.45. The fourth-order valence-electron chi connectivity index (χ4n) is 1.35. The van der Waals surface area contributed by atoms with Crippen LogP contribution in [0, 0.1) is 0 Å². The van der Waals surface area contributed by atoms with Crippen LogP contribution in [0.25, 0.3) is 11.4 Å². The van der Waals surface area contributed by atoms with Crippen molar-refractivity contribution >= 4 is 17.6 Å². The molecule has 0 fully saturated rings. The number of carbonyl (C=O) groups excluding carboxylic acids is 1. The van der Waals surface area contributed by atoms with Gasteiger partial charge in [0.2, 0.25) is 0 Å². The lowest BCUT2D eigenvalue weighted by atomic mass is 10.2. The molecule has 0 atom stereocenters. The van der Waals surface area contributed by atoms with Gasteiger partial charge in [-0.3, -0.25) is 4.68 Å². The standard InChI is InChI=1S/C10H9ClN4O2.C2H6/c1-15-5-7(8(14-15)10(16)17-2)9-12-3-6(11)4-13-9;1-2/h3-5H,1-2H3;1-2H3. The highest BCUT2D eigenvalue weighted by molar-refractivity contribution is 6.30. The van der Waals surface area contributed by atoms with Gasteiger partial charge in [0.1, 0.15) is 0 Å². The molecule has 2 rings (SSSR count). The van der Waals surface area contributed by atoms with Crippen molar-refractivity contribution in [2.75, 3.05) is 7.11 Å². The van der Waals surface area contributed by atoms with E-state index in [0.717, 1.165) is 0 Å². The third-order valence-corrected chi connectivity index (χ3v) is 2.26. The molecular formula is C12H15ClN4O2. The molecule has 0 spiro atoms. The molecule has 0 aromatic carbocycles. The Morgan fingerprint density at radius 1 is 1.32 bits per heavy atom. The molecular weight excluding hydrogens is 268 g/mol. The molecule has 2 aromatic heterocycles. The number of carbonyl (C=O) groups is 1. The topological polar surface area (TPSA) is 69.9 Å². The Morgan fingerprint density at radius 3 is 2.42 bits per heavy atom. The van der Waals surface area contributed by atoms with Crippen molar-refractivity contribution in [3.8, 4) is 11.4 Å². The molecule has 102 valence electrons. The number of nitrogens with zero attached hydrogens (tertiary/aromatic N) is 4. The van der Waals surface area contributed by atoms with Crippen LogP contribution in [-0.2, 0) is 11.8 Å². The lowest BCUT2D eigenvalue weighted by Crippen LogP contribution is -2.05. The third kappa shape index (κ3) is 3.51. The normalized spacial score (nSPS) is 9.53. The molecule has 7 heteroatoms. The van der Waals surface area contributed by atoms with Crippen LogP contribution in [0.1, 0.15) is 24.3 Å². The molecule has 0 bridgehead atoms. The van der Waals surface area contributed by atoms with Crippen LogP contribution in [0.4, 0.5) is 0 Å². The Morgan fingerprint density at radius 2 is 1.89 bits per heavy atom. The van der Waals surface area contributed by atoms with Gasteiger partial charge in [0.05, 0.1) is 17.7 Å². The highest BCUT2D eigenvalue weighted by Crippen LogP contribution is 2.20. The van der Waals surface area contributed by atoms with Crippen molar-refractivity contribution in [1.29, 1.82) is 0 Å². The van der Waals surface area contributed by atoms with E-state index >= 15 is 0 Å². The molecule has 0 N–H and O–H groups in total. The first-order valence-electron chi connectivity index (χ1n) is 5.71. The second kappa shape index (κ2) is 6.84. The molecule has 0 aliphatic carbocycles. The summed E-state index contributed by atoms with van der Waals surface area (Å²) in [7, 11) is 3.00. The molecule has 19 heavy (non-hydrogen) atoms. The fraction of sp³-hybridized carbons (Fsp3) is 0.333. The number of halogens is 1. The molecule has 0 saturated heterocycles. The van der Waals surface area contributed by atoms with E-state index in [1.165, 1.54) is 24.2 Å². The number of hydrogen-bond acceptors (Lipinski definition) is 5. The van der Waals surface area contributed by atoms with Crippen LogP contribution in [-0.4, -0.2) is 32.8 Å². The lowest BCUT2D eigenvalue weighted by molar-refractivity contribution is 0.0594. The monoisotopic (exact) mass is 282 g/mol. The van der Waals surface area contributed by atoms with Crippen LogP contribution >= 0.6 is 11.6 Å². The number of hydrogen-bond donors (Lipinski definition) is 0. The van der Waals surface area contributed by atoms with Crippen molar-refractivity contribution in [2.45, 2.75) is 13.8 Å². The minimum atomic E-state index is -0.529. The van der Waals surface area contributed by atoms with E-state index in [9.17, 15) is 4.79 Å². The Kier molecular flexibility index (Phi) is 5.44. The molecule has 0 aliphatic heterocycles. The van der Waals surface area contributed by atoms with E-state index in [0.29, 0.717) is 16.4 Å². The first-order chi connectivity index (χ1) is 9.11. The Hall–Kier alpha value is -1.95. The van der Waals surface area contributed by atoms with E-state index in [2.05, 4.69) is 19.8 Å². The Balaban J connectivity index is 0.000000861. The van der Waals surface area contributed by atoms with Crippen molar-refractivity contribution in [3.05, 3.63) is 29.3 Å². The van der Waals surface area contributed by atoms with Gasteiger partial charge >= 0.3 is 5.97 Å². The number of rotatable bonds is 2. The molecule has 0 saturated carbocycles. The SMILES string of the molecule is CC.COC(=O)c1nn(C)cc1-c1ncc(Cl)cn1. The minimum Gasteiger partial charge on any atom is -0.464 e. The van der Waals surface area contributed by atoms with Crippen LogP contribution in [0.2, 0.25) is 5.02 Å². The maximum Gasteiger partial charge on any atom is 0.359 e. The van der Waals surface area contributed by atoms with Gasteiger partial charge in [-0.05, 0) is 0 Å². The second-order valence-electron chi connectivity index (χ2n) is 3.28. The summed E-state index contributed by atoms with van der Waals surface area (Å²) in [5.74, 6) is -0.151. The number of ether oxygens (including phenoxy) is 1. The van der Waals surface area contributed by atoms with Crippen LogP contribution in [0.15, 0.2) is 18.6 Å². The van der Waals surface area contributed by atoms with E-state index in [1.807, 2.05) is 13.8 Å². The zero-order chi connectivity index (χ0) is 14.4. The number of methoxy groups -OCH3 is 1. The maximum atomic E-state index is 11.5. The van der Waals surface area contributed by atoms with Crippen molar-refractivity contribution in [3.63, 3.8) is 0 Å². The summed E-state index contributed by atoms with van der Waals surface area (Å²) in [4.78, 5) is 19.6. The summed E-state index contributed by atoms with van der Waals surface area (Å²) in [6.07, 6.45) is 4.56. The lowest BCUT2D eigenvalue weighted by Gasteiger charge is -1.99. The number of esters is 1. The molecule has 6 nitrogen and oxygen atoms in total. The quantitative estimate of drug-likeness (QED) is 0.791. The highest BCUT2D eigenvalue weighted by Gasteiger charge is 2.19. The predicted molar refractivity (Wildman–Crippen MR) is 71.9 cm³/mol. The zero-order valence-electron chi connectivity index (χ0n) is 11.2.